The first-order valence-corrected chi connectivity index (χ1v) is 11.5. The van der Waals surface area contributed by atoms with Gasteiger partial charge in [-0.3, -0.25) is 9.36 Å². The molecule has 2 heterocycles. The van der Waals surface area contributed by atoms with Crippen LogP contribution in [0.3, 0.4) is 0 Å². The molecule has 9 nitrogen and oxygen atoms in total. The van der Waals surface area contributed by atoms with Gasteiger partial charge in [-0.2, -0.15) is 4.98 Å². The van der Waals surface area contributed by atoms with Crippen LogP contribution in [0.2, 0.25) is 0 Å². The van der Waals surface area contributed by atoms with Crippen LogP contribution in [0.5, 0.6) is 5.75 Å². The van der Waals surface area contributed by atoms with Gasteiger partial charge < -0.3 is 21.1 Å². The summed E-state index contributed by atoms with van der Waals surface area (Å²) in [6.45, 7) is 0. The van der Waals surface area contributed by atoms with E-state index in [1.54, 1.807) is 31.5 Å². The van der Waals surface area contributed by atoms with Crippen molar-refractivity contribution in [3.05, 3.63) is 60.5 Å². The SMILES string of the molecule is COc1ccc(Nc2ncc3nc(Nc4ccccc4F)n([C@H]4CC[C@H](C(N)=O)CC4)c3n2)cc1. The maximum Gasteiger partial charge on any atom is 0.229 e. The van der Waals surface area contributed by atoms with Crippen molar-refractivity contribution in [2.45, 2.75) is 31.7 Å². The molecule has 5 rings (SSSR count). The van der Waals surface area contributed by atoms with Gasteiger partial charge in [0.1, 0.15) is 17.1 Å². The molecule has 2 aromatic heterocycles. The number of nitrogens with zero attached hydrogens (tertiary/aromatic N) is 4. The Kier molecular flexibility index (Phi) is 6.17. The molecule has 1 aliphatic carbocycles. The summed E-state index contributed by atoms with van der Waals surface area (Å²) < 4.78 is 21.6. The van der Waals surface area contributed by atoms with Crippen molar-refractivity contribution in [3.8, 4) is 5.75 Å². The molecule has 1 saturated carbocycles. The minimum Gasteiger partial charge on any atom is -0.497 e. The van der Waals surface area contributed by atoms with Crippen molar-refractivity contribution >= 4 is 40.3 Å². The number of halogens is 1. The summed E-state index contributed by atoms with van der Waals surface area (Å²) in [7, 11) is 1.62. The lowest BCUT2D eigenvalue weighted by Crippen LogP contribution is -2.28. The van der Waals surface area contributed by atoms with Gasteiger partial charge in [0.2, 0.25) is 17.8 Å². The lowest BCUT2D eigenvalue weighted by atomic mass is 9.85. The molecule has 180 valence electrons. The molecule has 0 bridgehead atoms. The van der Waals surface area contributed by atoms with E-state index >= 15 is 0 Å². The number of imidazole rings is 1. The molecule has 1 aliphatic rings. The van der Waals surface area contributed by atoms with Crippen LogP contribution in [0.4, 0.5) is 27.7 Å². The average molecular weight is 476 g/mol. The summed E-state index contributed by atoms with van der Waals surface area (Å²) in [5, 5.41) is 6.33. The minimum absolute atomic E-state index is 0.0219. The highest BCUT2D eigenvalue weighted by molar-refractivity contribution is 5.78. The second-order valence-corrected chi connectivity index (χ2v) is 8.57. The number of hydrogen-bond acceptors (Lipinski definition) is 7. The number of para-hydroxylation sites is 1. The number of carbonyl (C=O) groups excluding carboxylic acids is 1. The quantitative estimate of drug-likeness (QED) is 0.355. The Hall–Kier alpha value is -4.21. The van der Waals surface area contributed by atoms with Crippen molar-refractivity contribution in [1.82, 2.24) is 19.5 Å². The van der Waals surface area contributed by atoms with Gasteiger partial charge >= 0.3 is 0 Å². The van der Waals surface area contributed by atoms with Gasteiger partial charge in [-0.05, 0) is 62.1 Å². The molecule has 10 heteroatoms. The number of aromatic nitrogens is 4. The van der Waals surface area contributed by atoms with E-state index in [1.165, 1.54) is 6.07 Å². The fourth-order valence-electron chi connectivity index (χ4n) is 4.49. The first-order valence-electron chi connectivity index (χ1n) is 11.5. The molecule has 35 heavy (non-hydrogen) atoms. The molecule has 0 spiro atoms. The van der Waals surface area contributed by atoms with Crippen LogP contribution in [0.25, 0.3) is 11.2 Å². The molecule has 0 atom stereocenters. The molecular formula is C25H26FN7O2. The third-order valence-electron chi connectivity index (χ3n) is 6.36. The van der Waals surface area contributed by atoms with Crippen LogP contribution >= 0.6 is 0 Å². The summed E-state index contributed by atoms with van der Waals surface area (Å²) in [5.74, 6) is 0.857. The Bertz CT molecular complexity index is 1350. The van der Waals surface area contributed by atoms with Gasteiger partial charge in [0.15, 0.2) is 5.65 Å². The largest absolute Gasteiger partial charge is 0.497 e. The van der Waals surface area contributed by atoms with Crippen LogP contribution in [-0.4, -0.2) is 32.5 Å². The zero-order chi connectivity index (χ0) is 24.4. The second kappa shape index (κ2) is 9.57. The molecule has 0 saturated heterocycles. The Labute approximate surface area is 201 Å². The van der Waals surface area contributed by atoms with Crippen molar-refractivity contribution in [1.29, 1.82) is 0 Å². The second-order valence-electron chi connectivity index (χ2n) is 8.57. The number of benzene rings is 2. The average Bonchev–Trinajstić information content (AvgIpc) is 3.23. The Morgan fingerprint density at radius 1 is 1.06 bits per heavy atom. The number of rotatable bonds is 7. The van der Waals surface area contributed by atoms with Gasteiger partial charge in [0.05, 0.1) is 19.0 Å². The van der Waals surface area contributed by atoms with Crippen LogP contribution < -0.4 is 21.1 Å². The summed E-state index contributed by atoms with van der Waals surface area (Å²) >= 11 is 0. The zero-order valence-corrected chi connectivity index (χ0v) is 19.2. The Morgan fingerprint density at radius 2 is 1.80 bits per heavy atom. The standard InChI is InChI=1S/C25H26FN7O2/c1-35-18-12-8-16(9-13-18)29-24-28-14-21-23(32-24)33(17-10-6-15(7-11-17)22(27)34)25(31-21)30-20-5-3-2-4-19(20)26/h2-5,8-9,12-15,17H,6-7,10-11H2,1H3,(H2,27,34)(H,30,31)(H,28,29,32)/t15-,17-. The molecule has 4 aromatic rings. The molecule has 0 unspecified atom stereocenters. The highest BCUT2D eigenvalue weighted by Crippen LogP contribution is 2.37. The van der Waals surface area contributed by atoms with Crippen LogP contribution in [-0.2, 0) is 4.79 Å². The van der Waals surface area contributed by atoms with Crippen LogP contribution in [0.15, 0.2) is 54.7 Å². The number of methoxy groups -OCH3 is 1. The van der Waals surface area contributed by atoms with Crippen molar-refractivity contribution in [2.24, 2.45) is 11.7 Å². The number of anilines is 4. The number of carbonyl (C=O) groups is 1. The van der Waals surface area contributed by atoms with Gasteiger partial charge in [-0.15, -0.1) is 0 Å². The molecule has 1 fully saturated rings. The number of ether oxygens (including phenoxy) is 1. The molecule has 0 radical (unpaired) electrons. The highest BCUT2D eigenvalue weighted by Gasteiger charge is 2.29. The van der Waals surface area contributed by atoms with Crippen LogP contribution in [0, 0.1) is 11.7 Å². The number of nitrogens with two attached hydrogens (primary N) is 1. The smallest absolute Gasteiger partial charge is 0.229 e. The Balaban J connectivity index is 1.51. The summed E-state index contributed by atoms with van der Waals surface area (Å²) in [6.07, 6.45) is 4.47. The zero-order valence-electron chi connectivity index (χ0n) is 19.2. The summed E-state index contributed by atoms with van der Waals surface area (Å²) in [4.78, 5) is 25.5. The van der Waals surface area contributed by atoms with Crippen molar-refractivity contribution in [3.63, 3.8) is 0 Å². The topological polar surface area (TPSA) is 120 Å². The number of hydrogen-bond donors (Lipinski definition) is 3. The molecule has 4 N–H and O–H groups in total. The first-order chi connectivity index (χ1) is 17.0. The predicted octanol–water partition coefficient (Wildman–Crippen LogP) is 4.68. The van der Waals surface area contributed by atoms with Gasteiger partial charge in [0.25, 0.3) is 0 Å². The number of nitrogens with one attached hydrogen (secondary N) is 2. The fraction of sp³-hybridized carbons (Fsp3) is 0.280. The maximum absolute atomic E-state index is 14.4. The van der Waals surface area contributed by atoms with Crippen LogP contribution in [0.1, 0.15) is 31.7 Å². The Morgan fingerprint density at radius 3 is 2.49 bits per heavy atom. The monoisotopic (exact) mass is 475 g/mol. The van der Waals surface area contributed by atoms with E-state index in [1.807, 2.05) is 28.8 Å². The number of fused-ring (bicyclic) bond motifs is 1. The van der Waals surface area contributed by atoms with E-state index < -0.39 is 0 Å². The van der Waals surface area contributed by atoms with Gasteiger partial charge in [-0.1, -0.05) is 12.1 Å². The molecule has 2 aromatic carbocycles. The lowest BCUT2D eigenvalue weighted by molar-refractivity contribution is -0.122. The number of amides is 1. The van der Waals surface area contributed by atoms with Crippen molar-refractivity contribution < 1.29 is 13.9 Å². The summed E-state index contributed by atoms with van der Waals surface area (Å²) in [6, 6.07) is 13.9. The first kappa shape index (κ1) is 22.6. The summed E-state index contributed by atoms with van der Waals surface area (Å²) in [5.41, 5.74) is 7.87. The van der Waals surface area contributed by atoms with E-state index in [4.69, 9.17) is 15.5 Å². The molecule has 1 amide bonds. The maximum atomic E-state index is 14.4. The van der Waals surface area contributed by atoms with Crippen molar-refractivity contribution in [2.75, 3.05) is 17.7 Å². The predicted molar refractivity (Wildman–Crippen MR) is 131 cm³/mol. The molecular weight excluding hydrogens is 449 g/mol. The lowest BCUT2D eigenvalue weighted by Gasteiger charge is -2.29. The highest BCUT2D eigenvalue weighted by atomic mass is 19.1. The van der Waals surface area contributed by atoms with E-state index in [0.717, 1.165) is 24.3 Å². The molecule has 0 aliphatic heterocycles. The minimum atomic E-state index is -0.378. The van der Waals surface area contributed by atoms with Gasteiger partial charge in [0, 0.05) is 17.6 Å². The van der Waals surface area contributed by atoms with E-state index in [-0.39, 0.29) is 23.7 Å². The third kappa shape index (κ3) is 4.72. The fourth-order valence-corrected chi connectivity index (χ4v) is 4.49. The van der Waals surface area contributed by atoms with E-state index in [2.05, 4.69) is 20.6 Å². The van der Waals surface area contributed by atoms with E-state index in [0.29, 0.717) is 41.6 Å². The number of primary amides is 1. The van der Waals surface area contributed by atoms with Gasteiger partial charge in [-0.25, -0.2) is 14.4 Å². The van der Waals surface area contributed by atoms with E-state index in [9.17, 15) is 9.18 Å². The third-order valence-corrected chi connectivity index (χ3v) is 6.36. The normalized spacial score (nSPS) is 17.8.